The summed E-state index contributed by atoms with van der Waals surface area (Å²) in [4.78, 5) is 14.5. The fourth-order valence-electron chi connectivity index (χ4n) is 1.86. The molecule has 0 saturated heterocycles. The third-order valence-corrected chi connectivity index (χ3v) is 3.21. The Morgan fingerprint density at radius 3 is 2.96 bits per heavy atom. The maximum Gasteiger partial charge on any atom is 0.287 e. The summed E-state index contributed by atoms with van der Waals surface area (Å²) >= 11 is 6.21. The van der Waals surface area contributed by atoms with Gasteiger partial charge in [0, 0.05) is 6.20 Å². The first kappa shape index (κ1) is 16.9. The first-order valence-corrected chi connectivity index (χ1v) is 7.50. The molecule has 7 heteroatoms. The second-order valence-electron chi connectivity index (χ2n) is 4.67. The van der Waals surface area contributed by atoms with E-state index in [0.717, 1.165) is 6.42 Å². The van der Waals surface area contributed by atoms with Crippen LogP contribution in [0.4, 0.5) is 0 Å². The lowest BCUT2D eigenvalue weighted by molar-refractivity contribution is 0.0951. The minimum Gasteiger partial charge on any atom is -0.493 e. The lowest BCUT2D eigenvalue weighted by atomic mass is 10.2. The van der Waals surface area contributed by atoms with E-state index < -0.39 is 0 Å². The maximum atomic E-state index is 11.7. The molecular formula is C16H18ClN3O3. The molecule has 23 heavy (non-hydrogen) atoms. The van der Waals surface area contributed by atoms with Gasteiger partial charge in [0.15, 0.2) is 11.5 Å². The summed E-state index contributed by atoms with van der Waals surface area (Å²) < 4.78 is 10.9. The maximum absolute atomic E-state index is 11.7. The Morgan fingerprint density at radius 2 is 2.30 bits per heavy atom. The van der Waals surface area contributed by atoms with Crippen molar-refractivity contribution in [1.29, 1.82) is 0 Å². The van der Waals surface area contributed by atoms with Gasteiger partial charge in [0.2, 0.25) is 0 Å². The second kappa shape index (κ2) is 8.24. The van der Waals surface area contributed by atoms with E-state index >= 15 is 0 Å². The average Bonchev–Trinajstić information content (AvgIpc) is 3.08. The van der Waals surface area contributed by atoms with Gasteiger partial charge in [0.1, 0.15) is 5.69 Å². The van der Waals surface area contributed by atoms with Gasteiger partial charge >= 0.3 is 0 Å². The molecule has 1 amide bonds. The van der Waals surface area contributed by atoms with E-state index in [1.165, 1.54) is 6.21 Å². The zero-order chi connectivity index (χ0) is 16.7. The van der Waals surface area contributed by atoms with Crippen LogP contribution >= 0.6 is 11.6 Å². The quantitative estimate of drug-likeness (QED) is 0.602. The van der Waals surface area contributed by atoms with E-state index in [4.69, 9.17) is 21.1 Å². The number of aromatic amines is 1. The lowest BCUT2D eigenvalue weighted by Crippen LogP contribution is -2.17. The highest BCUT2D eigenvalue weighted by Gasteiger charge is 2.11. The Morgan fingerprint density at radius 1 is 1.48 bits per heavy atom. The van der Waals surface area contributed by atoms with Crippen LogP contribution in [-0.4, -0.2) is 30.8 Å². The third-order valence-electron chi connectivity index (χ3n) is 2.92. The monoisotopic (exact) mass is 335 g/mol. The van der Waals surface area contributed by atoms with Gasteiger partial charge in [-0.2, -0.15) is 5.10 Å². The van der Waals surface area contributed by atoms with Crippen LogP contribution in [-0.2, 0) is 0 Å². The Kier molecular flexibility index (Phi) is 6.05. The van der Waals surface area contributed by atoms with Gasteiger partial charge in [0.25, 0.3) is 5.91 Å². The van der Waals surface area contributed by atoms with E-state index in [2.05, 4.69) is 15.5 Å². The molecule has 2 rings (SSSR count). The molecule has 6 nitrogen and oxygen atoms in total. The fraction of sp³-hybridized carbons (Fsp3) is 0.250. The number of carbonyl (C=O) groups is 1. The molecule has 0 bridgehead atoms. The molecule has 122 valence electrons. The minimum atomic E-state index is -0.327. The summed E-state index contributed by atoms with van der Waals surface area (Å²) in [7, 11) is 1.54. The van der Waals surface area contributed by atoms with Gasteiger partial charge < -0.3 is 14.5 Å². The fourth-order valence-corrected chi connectivity index (χ4v) is 2.13. The number of nitrogens with one attached hydrogen (secondary N) is 2. The number of rotatable bonds is 7. The highest BCUT2D eigenvalue weighted by molar-refractivity contribution is 6.32. The number of hydrogen-bond donors (Lipinski definition) is 2. The van der Waals surface area contributed by atoms with Gasteiger partial charge in [-0.1, -0.05) is 18.5 Å². The molecule has 0 aliphatic heterocycles. The number of benzene rings is 1. The van der Waals surface area contributed by atoms with Crippen molar-refractivity contribution < 1.29 is 14.3 Å². The van der Waals surface area contributed by atoms with Crippen LogP contribution in [0.3, 0.4) is 0 Å². The van der Waals surface area contributed by atoms with Crippen molar-refractivity contribution in [3.05, 3.63) is 46.7 Å². The van der Waals surface area contributed by atoms with Crippen molar-refractivity contribution in [1.82, 2.24) is 10.4 Å². The molecule has 0 saturated carbocycles. The number of methoxy groups -OCH3 is 1. The second-order valence-corrected chi connectivity index (χ2v) is 5.07. The normalized spacial score (nSPS) is 10.7. The number of hydrazone groups is 1. The molecular weight excluding hydrogens is 318 g/mol. The molecule has 2 N–H and O–H groups in total. The van der Waals surface area contributed by atoms with Crippen LogP contribution in [0.15, 0.2) is 35.6 Å². The number of amides is 1. The van der Waals surface area contributed by atoms with Crippen LogP contribution in [0, 0.1) is 0 Å². The Bertz CT molecular complexity index is 684. The number of carbonyl (C=O) groups excluding carboxylic acids is 1. The van der Waals surface area contributed by atoms with Gasteiger partial charge in [-0.05, 0) is 36.2 Å². The molecule has 2 aromatic rings. The topological polar surface area (TPSA) is 75.7 Å². The molecule has 0 atom stereocenters. The van der Waals surface area contributed by atoms with Crippen LogP contribution < -0.4 is 14.9 Å². The smallest absolute Gasteiger partial charge is 0.287 e. The molecule has 1 heterocycles. The molecule has 1 aromatic heterocycles. The first-order chi connectivity index (χ1) is 11.2. The molecule has 0 aliphatic carbocycles. The third kappa shape index (κ3) is 4.50. The molecule has 0 radical (unpaired) electrons. The van der Waals surface area contributed by atoms with E-state index in [1.807, 2.05) is 6.92 Å². The van der Waals surface area contributed by atoms with Gasteiger partial charge in [-0.3, -0.25) is 4.79 Å². The van der Waals surface area contributed by atoms with Crippen molar-refractivity contribution in [2.24, 2.45) is 5.10 Å². The molecule has 0 unspecified atom stereocenters. The van der Waals surface area contributed by atoms with Crippen LogP contribution in [0.2, 0.25) is 5.02 Å². The highest BCUT2D eigenvalue weighted by atomic mass is 35.5. The van der Waals surface area contributed by atoms with E-state index in [-0.39, 0.29) is 5.91 Å². The summed E-state index contributed by atoms with van der Waals surface area (Å²) in [6.07, 6.45) is 4.02. The summed E-state index contributed by atoms with van der Waals surface area (Å²) in [6, 6.07) is 6.82. The van der Waals surface area contributed by atoms with Gasteiger partial charge in [-0.25, -0.2) is 5.43 Å². The van der Waals surface area contributed by atoms with Crippen molar-refractivity contribution in [3.63, 3.8) is 0 Å². The highest BCUT2D eigenvalue weighted by Crippen LogP contribution is 2.36. The zero-order valence-corrected chi connectivity index (χ0v) is 13.7. The molecule has 1 aromatic carbocycles. The summed E-state index contributed by atoms with van der Waals surface area (Å²) in [5, 5.41) is 4.33. The molecule has 0 spiro atoms. The SMILES string of the molecule is CCCOc1c(Cl)cc(/C=N\NC(=O)c2ccc[nH]2)cc1OC. The number of H-pyrrole nitrogens is 1. The average molecular weight is 336 g/mol. The summed E-state index contributed by atoms with van der Waals surface area (Å²) in [6.45, 7) is 2.56. The molecule has 0 fully saturated rings. The number of hydrogen-bond acceptors (Lipinski definition) is 4. The van der Waals surface area contributed by atoms with E-state index in [1.54, 1.807) is 37.6 Å². The number of nitrogens with zero attached hydrogens (tertiary/aromatic N) is 1. The number of halogens is 1. The standard InChI is InChI=1S/C16H18ClN3O3/c1-3-7-23-15-12(17)8-11(9-14(15)22-2)10-19-20-16(21)13-5-4-6-18-13/h4-6,8-10,18H,3,7H2,1-2H3,(H,20,21)/b19-10-. The Hall–Kier alpha value is -2.47. The summed E-state index contributed by atoms with van der Waals surface area (Å²) in [5.74, 6) is 0.693. The van der Waals surface area contributed by atoms with Crippen molar-refractivity contribution in [3.8, 4) is 11.5 Å². The van der Waals surface area contributed by atoms with Crippen molar-refractivity contribution in [2.45, 2.75) is 13.3 Å². The molecule has 0 aliphatic rings. The van der Waals surface area contributed by atoms with E-state index in [9.17, 15) is 4.79 Å². The first-order valence-electron chi connectivity index (χ1n) is 7.12. The van der Waals surface area contributed by atoms with Crippen LogP contribution in [0.1, 0.15) is 29.4 Å². The predicted octanol–water partition coefficient (Wildman–Crippen LogP) is 3.23. The number of aromatic nitrogens is 1. The Balaban J connectivity index is 2.09. The lowest BCUT2D eigenvalue weighted by Gasteiger charge is -2.12. The van der Waals surface area contributed by atoms with Crippen LogP contribution in [0.5, 0.6) is 11.5 Å². The van der Waals surface area contributed by atoms with Crippen molar-refractivity contribution in [2.75, 3.05) is 13.7 Å². The van der Waals surface area contributed by atoms with E-state index in [0.29, 0.717) is 34.4 Å². The van der Waals surface area contributed by atoms with Crippen LogP contribution in [0.25, 0.3) is 0 Å². The van der Waals surface area contributed by atoms with Gasteiger partial charge in [0.05, 0.1) is 25.0 Å². The zero-order valence-electron chi connectivity index (χ0n) is 12.9. The predicted molar refractivity (Wildman–Crippen MR) is 89.6 cm³/mol. The Labute approximate surface area is 139 Å². The number of ether oxygens (including phenoxy) is 2. The minimum absolute atomic E-state index is 0.327. The largest absolute Gasteiger partial charge is 0.493 e. The van der Waals surface area contributed by atoms with Crippen molar-refractivity contribution >= 4 is 23.7 Å². The summed E-state index contributed by atoms with van der Waals surface area (Å²) in [5.41, 5.74) is 3.54. The van der Waals surface area contributed by atoms with Gasteiger partial charge in [-0.15, -0.1) is 0 Å².